The Kier molecular flexibility index (Phi) is 9.99. The van der Waals surface area contributed by atoms with Crippen molar-refractivity contribution in [3.8, 4) is 16.9 Å². The quantitative estimate of drug-likeness (QED) is 0.147. The molecule has 8 rings (SSSR count). The lowest BCUT2D eigenvalue weighted by Gasteiger charge is -2.29. The Bertz CT molecular complexity index is 2410. The number of fused-ring (bicyclic) bond motifs is 5. The number of unbranched alkanes of at least 4 members (excludes halogenated alkanes) is 3. The number of aromatic hydroxyl groups is 1. The molecule has 262 valence electrons. The molecule has 0 fully saturated rings. The first kappa shape index (κ1) is 34.4. The molecule has 0 aromatic heterocycles. The number of hydrogen-bond acceptors (Lipinski definition) is 3. The fraction of sp³-hybridized carbons (Fsp3) is 0.271. The Balaban J connectivity index is 1.20. The van der Waals surface area contributed by atoms with Crippen molar-refractivity contribution in [2.75, 3.05) is 20.6 Å². The standard InChI is InChI=1S/C48H47ClN2O/c1-51(2)26-10-4-3-5-11-32-16-17-33-18-22-43-39-23-20-37(49)29-36(39)30-45(48(43)44(33)27-32)41-13-6-7-14-42(41)46-31-50-25-24-35-28-34(19-21-38(35)46)40-12-8-9-15-47(40)52/h6-9,12-15,17-25,28-32,45-46,52H,3-5,10-11,16,26-27H2,1-2H3. The maximum atomic E-state index is 10.6. The second kappa shape index (κ2) is 15.1. The first-order chi connectivity index (χ1) is 25.4. The van der Waals surface area contributed by atoms with Gasteiger partial charge in [0.25, 0.3) is 0 Å². The molecule has 1 heterocycles. The second-order valence-corrected chi connectivity index (χ2v) is 15.5. The highest BCUT2D eigenvalue weighted by atomic mass is 35.5. The maximum Gasteiger partial charge on any atom is 0.123 e. The number of phenols is 1. The van der Waals surface area contributed by atoms with Gasteiger partial charge >= 0.3 is 0 Å². The molecule has 0 amide bonds. The minimum Gasteiger partial charge on any atom is -0.507 e. The Morgan fingerprint density at radius 3 is 2.40 bits per heavy atom. The lowest BCUT2D eigenvalue weighted by Crippen LogP contribution is -2.26. The third kappa shape index (κ3) is 6.93. The van der Waals surface area contributed by atoms with Gasteiger partial charge in [-0.3, -0.25) is 4.99 Å². The highest BCUT2D eigenvalue weighted by molar-refractivity contribution is 6.30. The van der Waals surface area contributed by atoms with Gasteiger partial charge in [0.05, 0.1) is 0 Å². The summed E-state index contributed by atoms with van der Waals surface area (Å²) < 4.78 is 0. The van der Waals surface area contributed by atoms with Crippen LogP contribution in [0.4, 0.5) is 0 Å². The summed E-state index contributed by atoms with van der Waals surface area (Å²) in [6, 6.07) is 34.1. The van der Waals surface area contributed by atoms with Crippen LogP contribution in [-0.4, -0.2) is 36.9 Å². The molecule has 52 heavy (non-hydrogen) atoms. The van der Waals surface area contributed by atoms with E-state index in [-0.39, 0.29) is 17.6 Å². The number of phenolic OH excluding ortho intramolecular Hbond substituents is 1. The van der Waals surface area contributed by atoms with Gasteiger partial charge in [0.15, 0.2) is 0 Å². The maximum absolute atomic E-state index is 10.6. The number of halogens is 1. The van der Waals surface area contributed by atoms with Crippen LogP contribution in [0.5, 0.6) is 5.75 Å². The molecular weight excluding hydrogens is 656 g/mol. The van der Waals surface area contributed by atoms with E-state index < -0.39 is 0 Å². The van der Waals surface area contributed by atoms with E-state index in [1.54, 1.807) is 6.07 Å². The van der Waals surface area contributed by atoms with E-state index in [2.05, 4.69) is 110 Å². The summed E-state index contributed by atoms with van der Waals surface area (Å²) in [5.41, 5.74) is 9.67. The highest BCUT2D eigenvalue weighted by Gasteiger charge is 2.28. The van der Waals surface area contributed by atoms with Crippen LogP contribution in [0.3, 0.4) is 0 Å². The van der Waals surface area contributed by atoms with Crippen molar-refractivity contribution in [1.29, 1.82) is 0 Å². The molecule has 0 saturated heterocycles. The van der Waals surface area contributed by atoms with Crippen molar-refractivity contribution < 1.29 is 5.11 Å². The van der Waals surface area contributed by atoms with E-state index in [4.69, 9.17) is 16.6 Å². The molecule has 0 saturated carbocycles. The van der Waals surface area contributed by atoms with E-state index in [9.17, 15) is 5.11 Å². The van der Waals surface area contributed by atoms with Crippen molar-refractivity contribution in [1.82, 2.24) is 4.90 Å². The molecule has 5 aromatic rings. The molecule has 3 unspecified atom stereocenters. The van der Waals surface area contributed by atoms with Gasteiger partial charge in [0, 0.05) is 34.8 Å². The van der Waals surface area contributed by atoms with Crippen LogP contribution in [0, 0.1) is 16.4 Å². The molecule has 3 aliphatic rings. The van der Waals surface area contributed by atoms with Crippen LogP contribution in [0.2, 0.25) is 5.02 Å². The van der Waals surface area contributed by atoms with Crippen molar-refractivity contribution in [2.45, 2.75) is 56.8 Å². The minimum atomic E-state index is -0.0384. The van der Waals surface area contributed by atoms with E-state index >= 15 is 0 Å². The summed E-state index contributed by atoms with van der Waals surface area (Å²) >= 11 is 6.65. The molecular formula is C48H47ClN2O. The summed E-state index contributed by atoms with van der Waals surface area (Å²) in [6.45, 7) is 1.18. The van der Waals surface area contributed by atoms with Crippen LogP contribution in [0.1, 0.15) is 83.7 Å². The number of nitrogens with zero attached hydrogens (tertiary/aromatic N) is 2. The Labute approximate surface area is 312 Å². The van der Waals surface area contributed by atoms with Crippen molar-refractivity contribution >= 4 is 36.0 Å². The summed E-state index contributed by atoms with van der Waals surface area (Å²) in [6.07, 6.45) is 19.8. The largest absolute Gasteiger partial charge is 0.507 e. The molecule has 0 bridgehead atoms. The van der Waals surface area contributed by atoms with Crippen molar-refractivity contribution in [3.63, 3.8) is 0 Å². The predicted octanol–water partition coefficient (Wildman–Crippen LogP) is 9.97. The fourth-order valence-electron chi connectivity index (χ4n) is 8.77. The summed E-state index contributed by atoms with van der Waals surface area (Å²) in [7, 11) is 4.34. The summed E-state index contributed by atoms with van der Waals surface area (Å²) in [5, 5.41) is 16.6. The average Bonchev–Trinajstić information content (AvgIpc) is 3.37. The monoisotopic (exact) mass is 702 g/mol. The normalized spacial score (nSPS) is 18.4. The zero-order valence-corrected chi connectivity index (χ0v) is 31.0. The van der Waals surface area contributed by atoms with Gasteiger partial charge in [-0.2, -0.15) is 0 Å². The Hall–Kier alpha value is -4.70. The van der Waals surface area contributed by atoms with Gasteiger partial charge in [-0.25, -0.2) is 0 Å². The van der Waals surface area contributed by atoms with Crippen LogP contribution >= 0.6 is 11.6 Å². The molecule has 0 radical (unpaired) electrons. The number of rotatable bonds is 10. The average molecular weight is 703 g/mol. The van der Waals surface area contributed by atoms with Crippen molar-refractivity contribution in [2.24, 2.45) is 10.9 Å². The van der Waals surface area contributed by atoms with E-state index in [0.717, 1.165) is 34.6 Å². The van der Waals surface area contributed by atoms with Gasteiger partial charge < -0.3 is 10.0 Å². The van der Waals surface area contributed by atoms with Gasteiger partial charge in [-0.15, -0.1) is 0 Å². The molecule has 3 nitrogen and oxygen atoms in total. The predicted molar refractivity (Wildman–Crippen MR) is 218 cm³/mol. The molecule has 0 spiro atoms. The lowest BCUT2D eigenvalue weighted by atomic mass is 9.74. The molecule has 4 heteroatoms. The summed E-state index contributed by atoms with van der Waals surface area (Å²) in [5.74, 6) is 0.982. The highest BCUT2D eigenvalue weighted by Crippen LogP contribution is 2.41. The lowest BCUT2D eigenvalue weighted by molar-refractivity contribution is 0.384. The van der Waals surface area contributed by atoms with Gasteiger partial charge in [-0.1, -0.05) is 116 Å². The molecule has 5 aromatic carbocycles. The first-order valence-corrected chi connectivity index (χ1v) is 19.3. The zero-order chi connectivity index (χ0) is 35.6. The van der Waals surface area contributed by atoms with Crippen molar-refractivity contribution in [3.05, 3.63) is 163 Å². The van der Waals surface area contributed by atoms with Gasteiger partial charge in [0.1, 0.15) is 5.75 Å². The fourth-order valence-corrected chi connectivity index (χ4v) is 8.95. The molecule has 2 aliphatic carbocycles. The number of para-hydroxylation sites is 1. The smallest absolute Gasteiger partial charge is 0.123 e. The zero-order valence-electron chi connectivity index (χ0n) is 30.2. The first-order valence-electron chi connectivity index (χ1n) is 18.9. The number of hydrogen-bond donors (Lipinski definition) is 1. The van der Waals surface area contributed by atoms with Crippen LogP contribution in [0.15, 0.2) is 108 Å². The third-order valence-corrected chi connectivity index (χ3v) is 11.6. The van der Waals surface area contributed by atoms with E-state index in [1.807, 2.05) is 30.5 Å². The van der Waals surface area contributed by atoms with E-state index in [0.29, 0.717) is 5.92 Å². The second-order valence-electron chi connectivity index (χ2n) is 15.1. The summed E-state index contributed by atoms with van der Waals surface area (Å²) in [4.78, 5) is 7.08. The SMILES string of the molecule is CN(C)CCCCCCC1CC=c2ccc3c(c2C1)C(c1ccccc1C1C=NC=Cc2cc(-c4ccccc4O)ccc21)C=c1cc(Cl)ccc1=3. The van der Waals surface area contributed by atoms with Crippen LogP contribution in [0.25, 0.3) is 29.4 Å². The molecule has 1 aliphatic heterocycles. The topological polar surface area (TPSA) is 35.8 Å². The van der Waals surface area contributed by atoms with Crippen LogP contribution < -0.4 is 10.4 Å². The Morgan fingerprint density at radius 1 is 0.769 bits per heavy atom. The minimum absolute atomic E-state index is 0.0384. The van der Waals surface area contributed by atoms with Crippen LogP contribution in [-0.2, 0) is 6.42 Å². The van der Waals surface area contributed by atoms with Gasteiger partial charge in [0.2, 0.25) is 0 Å². The third-order valence-electron chi connectivity index (χ3n) is 11.4. The van der Waals surface area contributed by atoms with Gasteiger partial charge in [-0.05, 0) is 142 Å². The molecule has 1 N–H and O–H groups in total. The number of benzene rings is 5. The van der Waals surface area contributed by atoms with E-state index in [1.165, 1.54) is 87.3 Å². The number of aliphatic imine (C=N–C) groups is 1. The molecule has 3 atom stereocenters. The Morgan fingerprint density at radius 2 is 1.56 bits per heavy atom.